The lowest BCUT2D eigenvalue weighted by molar-refractivity contribution is -0.113. The number of rotatable bonds is 10. The molecule has 2 heterocycles. The number of aromatic nitrogens is 3. The summed E-state index contributed by atoms with van der Waals surface area (Å²) in [5, 5.41) is 12.6. The molecule has 0 radical (unpaired) electrons. The van der Waals surface area contributed by atoms with Gasteiger partial charge in [0.2, 0.25) is 5.91 Å². The van der Waals surface area contributed by atoms with Crippen molar-refractivity contribution in [2.75, 3.05) is 17.7 Å². The maximum atomic E-state index is 13.2. The highest BCUT2D eigenvalue weighted by Gasteiger charge is 2.27. The molecule has 2 aromatic heterocycles. The third-order valence-electron chi connectivity index (χ3n) is 5.79. The number of benzene rings is 1. The van der Waals surface area contributed by atoms with Crippen LogP contribution in [-0.4, -0.2) is 39.0 Å². The Labute approximate surface area is 217 Å². The lowest BCUT2D eigenvalue weighted by atomic mass is 9.95. The monoisotopic (exact) mass is 532 g/mol. The van der Waals surface area contributed by atoms with Crippen LogP contribution in [0.25, 0.3) is 0 Å². The van der Waals surface area contributed by atoms with Gasteiger partial charge in [-0.3, -0.25) is 4.79 Å². The van der Waals surface area contributed by atoms with E-state index in [1.165, 1.54) is 35.2 Å². The number of amides is 1. The van der Waals surface area contributed by atoms with Crippen molar-refractivity contribution >= 4 is 40.0 Å². The van der Waals surface area contributed by atoms with Gasteiger partial charge in [0.1, 0.15) is 16.6 Å². The summed E-state index contributed by atoms with van der Waals surface area (Å²) in [7, 11) is 0. The summed E-state index contributed by atoms with van der Waals surface area (Å²) < 4.78 is 26.2. The van der Waals surface area contributed by atoms with E-state index in [0.29, 0.717) is 33.8 Å². The van der Waals surface area contributed by atoms with Gasteiger partial charge >= 0.3 is 5.97 Å². The van der Waals surface area contributed by atoms with Crippen LogP contribution < -0.4 is 10.1 Å². The summed E-state index contributed by atoms with van der Waals surface area (Å²) in [6.07, 6.45) is 3.42. The Bertz CT molecular complexity index is 1230. The van der Waals surface area contributed by atoms with Crippen LogP contribution in [0, 0.1) is 5.82 Å². The molecule has 0 fully saturated rings. The Kier molecular flexibility index (Phi) is 8.63. The Morgan fingerprint density at radius 2 is 1.94 bits per heavy atom. The highest BCUT2D eigenvalue weighted by molar-refractivity contribution is 7.99. The van der Waals surface area contributed by atoms with E-state index in [0.717, 1.165) is 36.1 Å². The van der Waals surface area contributed by atoms with Crippen LogP contribution in [0.4, 0.5) is 9.39 Å². The minimum absolute atomic E-state index is 0.107. The fourth-order valence-corrected chi connectivity index (χ4v) is 6.24. The minimum Gasteiger partial charge on any atom is -0.483 e. The number of nitrogens with zero attached hydrogens (tertiary/aromatic N) is 3. The zero-order valence-electron chi connectivity index (χ0n) is 20.5. The molecule has 8 nitrogen and oxygen atoms in total. The van der Waals surface area contributed by atoms with E-state index >= 15 is 0 Å². The zero-order chi connectivity index (χ0) is 25.7. The summed E-state index contributed by atoms with van der Waals surface area (Å²) in [6, 6.07) is 5.80. The standard InChI is InChI=1S/C25H29FN4O4S2/c1-4-30-22(15(3)34-17-12-10-16(26)11-13-17)28-29-25(30)35-14-20(31)27-23-21(24(32)33-5-2)18-8-6-7-9-19(18)36-23/h10-13,15H,4-9,14H2,1-3H3,(H,27,31). The highest BCUT2D eigenvalue weighted by atomic mass is 32.2. The van der Waals surface area contributed by atoms with Crippen LogP contribution in [0.2, 0.25) is 0 Å². The van der Waals surface area contributed by atoms with Gasteiger partial charge in [-0.15, -0.1) is 21.5 Å². The number of anilines is 1. The maximum Gasteiger partial charge on any atom is 0.341 e. The molecule has 0 aliphatic heterocycles. The highest BCUT2D eigenvalue weighted by Crippen LogP contribution is 2.38. The first kappa shape index (κ1) is 26.2. The van der Waals surface area contributed by atoms with Crippen molar-refractivity contribution in [3.05, 3.63) is 51.9 Å². The first-order valence-corrected chi connectivity index (χ1v) is 13.8. The van der Waals surface area contributed by atoms with Gasteiger partial charge in [0.05, 0.1) is 17.9 Å². The topological polar surface area (TPSA) is 95.3 Å². The molecule has 1 aliphatic rings. The van der Waals surface area contributed by atoms with E-state index in [2.05, 4.69) is 15.5 Å². The first-order valence-electron chi connectivity index (χ1n) is 12.0. The molecule has 1 amide bonds. The lowest BCUT2D eigenvalue weighted by Gasteiger charge is -2.15. The van der Waals surface area contributed by atoms with Crippen molar-refractivity contribution in [1.29, 1.82) is 0 Å². The van der Waals surface area contributed by atoms with Gasteiger partial charge < -0.3 is 19.4 Å². The average molecular weight is 533 g/mol. The number of halogens is 1. The number of nitrogens with one attached hydrogen (secondary N) is 1. The fraction of sp³-hybridized carbons (Fsp3) is 0.440. The molecule has 0 bridgehead atoms. The molecule has 3 aromatic rings. The third-order valence-corrected chi connectivity index (χ3v) is 7.96. The fourth-order valence-electron chi connectivity index (χ4n) is 4.14. The predicted octanol–water partition coefficient (Wildman–Crippen LogP) is 5.42. The van der Waals surface area contributed by atoms with Gasteiger partial charge in [0, 0.05) is 11.4 Å². The number of esters is 1. The SMILES string of the molecule is CCOC(=O)c1c(NC(=O)CSc2nnc(C(C)Oc3ccc(F)cc3)n2CC)sc2c1CCCC2. The van der Waals surface area contributed by atoms with Gasteiger partial charge in [-0.05, 0) is 76.3 Å². The number of carbonyl (C=O) groups excluding carboxylic acids is 2. The number of carbonyl (C=O) groups is 2. The normalized spacial score (nSPS) is 13.7. The smallest absolute Gasteiger partial charge is 0.341 e. The second-order valence-electron chi connectivity index (χ2n) is 8.27. The molecular weight excluding hydrogens is 503 g/mol. The minimum atomic E-state index is -0.421. The Hall–Kier alpha value is -2.92. The molecule has 4 rings (SSSR count). The molecular formula is C25H29FN4O4S2. The Morgan fingerprint density at radius 1 is 1.19 bits per heavy atom. The lowest BCUT2D eigenvalue weighted by Crippen LogP contribution is -2.17. The van der Waals surface area contributed by atoms with E-state index < -0.39 is 6.10 Å². The molecule has 0 saturated heterocycles. The van der Waals surface area contributed by atoms with E-state index in [9.17, 15) is 14.0 Å². The van der Waals surface area contributed by atoms with Gasteiger partial charge in [-0.25, -0.2) is 9.18 Å². The number of aryl methyl sites for hydroxylation is 1. The van der Waals surface area contributed by atoms with E-state index in [1.54, 1.807) is 19.1 Å². The van der Waals surface area contributed by atoms with Crippen molar-refractivity contribution < 1.29 is 23.5 Å². The van der Waals surface area contributed by atoms with Crippen LogP contribution >= 0.6 is 23.1 Å². The van der Waals surface area contributed by atoms with Crippen LogP contribution in [0.3, 0.4) is 0 Å². The van der Waals surface area contributed by atoms with Crippen LogP contribution in [0.1, 0.15) is 66.3 Å². The summed E-state index contributed by atoms with van der Waals surface area (Å²) in [4.78, 5) is 26.6. The summed E-state index contributed by atoms with van der Waals surface area (Å²) in [6.45, 7) is 6.45. The largest absolute Gasteiger partial charge is 0.483 e. The second kappa shape index (κ2) is 11.9. The van der Waals surface area contributed by atoms with E-state index in [1.807, 2.05) is 18.4 Å². The number of fused-ring (bicyclic) bond motifs is 1. The van der Waals surface area contributed by atoms with Crippen molar-refractivity contribution in [3.8, 4) is 5.75 Å². The number of hydrogen-bond donors (Lipinski definition) is 1. The van der Waals surface area contributed by atoms with Crippen molar-refractivity contribution in [1.82, 2.24) is 14.8 Å². The van der Waals surface area contributed by atoms with Crippen molar-refractivity contribution in [3.63, 3.8) is 0 Å². The molecule has 1 aromatic carbocycles. The summed E-state index contributed by atoms with van der Waals surface area (Å²) in [5.74, 6) is 0.299. The molecule has 11 heteroatoms. The quantitative estimate of drug-likeness (QED) is 0.275. The molecule has 36 heavy (non-hydrogen) atoms. The molecule has 1 aliphatic carbocycles. The predicted molar refractivity (Wildman–Crippen MR) is 137 cm³/mol. The summed E-state index contributed by atoms with van der Waals surface area (Å²) >= 11 is 2.73. The molecule has 0 saturated carbocycles. The van der Waals surface area contributed by atoms with Crippen molar-refractivity contribution in [2.24, 2.45) is 0 Å². The van der Waals surface area contributed by atoms with Crippen LogP contribution in [0.5, 0.6) is 5.75 Å². The molecule has 0 spiro atoms. The second-order valence-corrected chi connectivity index (χ2v) is 10.3. The zero-order valence-corrected chi connectivity index (χ0v) is 22.1. The number of ether oxygens (including phenoxy) is 2. The van der Waals surface area contributed by atoms with E-state index in [-0.39, 0.29) is 30.1 Å². The maximum absolute atomic E-state index is 13.2. The number of hydrogen-bond acceptors (Lipinski definition) is 8. The van der Waals surface area contributed by atoms with Gasteiger partial charge in [-0.1, -0.05) is 11.8 Å². The average Bonchev–Trinajstić information content (AvgIpc) is 3.45. The van der Waals surface area contributed by atoms with Crippen LogP contribution in [0.15, 0.2) is 29.4 Å². The van der Waals surface area contributed by atoms with E-state index in [4.69, 9.17) is 9.47 Å². The van der Waals surface area contributed by atoms with Gasteiger partial charge in [0.15, 0.2) is 17.1 Å². The van der Waals surface area contributed by atoms with Crippen LogP contribution in [-0.2, 0) is 28.9 Å². The number of thioether (sulfide) groups is 1. The van der Waals surface area contributed by atoms with Gasteiger partial charge in [0.25, 0.3) is 0 Å². The third kappa shape index (κ3) is 5.89. The Balaban J connectivity index is 1.43. The molecule has 1 atom stereocenters. The van der Waals surface area contributed by atoms with Crippen molar-refractivity contribution in [2.45, 2.75) is 64.3 Å². The first-order chi connectivity index (χ1) is 17.4. The molecule has 1 unspecified atom stereocenters. The Morgan fingerprint density at radius 3 is 2.67 bits per heavy atom. The summed E-state index contributed by atoms with van der Waals surface area (Å²) in [5.41, 5.74) is 1.51. The number of thiophene rings is 1. The molecule has 1 N–H and O–H groups in total. The molecule has 192 valence electrons. The van der Waals surface area contributed by atoms with Gasteiger partial charge in [-0.2, -0.15) is 0 Å².